The van der Waals surface area contributed by atoms with E-state index < -0.39 is 0 Å². The highest BCUT2D eigenvalue weighted by molar-refractivity contribution is 5.94. The lowest BCUT2D eigenvalue weighted by atomic mass is 10.2. The van der Waals surface area contributed by atoms with Gasteiger partial charge in [0, 0.05) is 18.2 Å². The van der Waals surface area contributed by atoms with Crippen LogP contribution in [0, 0.1) is 5.92 Å². The van der Waals surface area contributed by atoms with Gasteiger partial charge in [0.2, 0.25) is 0 Å². The van der Waals surface area contributed by atoms with Crippen LogP contribution >= 0.6 is 0 Å². The topological polar surface area (TPSA) is 55.1 Å². The average molecular weight is 204 g/mol. The van der Waals surface area contributed by atoms with E-state index in [-0.39, 0.29) is 11.9 Å². The van der Waals surface area contributed by atoms with Gasteiger partial charge in [0.05, 0.1) is 0 Å². The summed E-state index contributed by atoms with van der Waals surface area (Å²) in [6, 6.07) is 9.34. The van der Waals surface area contributed by atoms with E-state index in [1.165, 1.54) is 12.8 Å². The zero-order valence-corrected chi connectivity index (χ0v) is 8.65. The molecule has 0 radical (unpaired) electrons. The van der Waals surface area contributed by atoms with Gasteiger partial charge in [-0.3, -0.25) is 4.79 Å². The second-order valence-electron chi connectivity index (χ2n) is 4.08. The summed E-state index contributed by atoms with van der Waals surface area (Å²) in [6.07, 6.45) is 2.42. The molecule has 0 aromatic heterocycles. The summed E-state index contributed by atoms with van der Waals surface area (Å²) in [7, 11) is 0. The third kappa shape index (κ3) is 2.80. The molecule has 0 heterocycles. The summed E-state index contributed by atoms with van der Waals surface area (Å²) in [5.74, 6) is 0.591. The molecule has 3 heteroatoms. The number of benzene rings is 1. The molecular formula is C12H16N2O. The van der Waals surface area contributed by atoms with Crippen molar-refractivity contribution >= 4 is 5.91 Å². The predicted molar refractivity (Wildman–Crippen MR) is 59.5 cm³/mol. The molecule has 0 aliphatic heterocycles. The molecule has 1 aliphatic carbocycles. The van der Waals surface area contributed by atoms with E-state index in [9.17, 15) is 4.79 Å². The highest BCUT2D eigenvalue weighted by Gasteiger charge is 2.28. The van der Waals surface area contributed by atoms with Crippen LogP contribution in [-0.2, 0) is 0 Å². The number of amides is 1. The molecular weight excluding hydrogens is 188 g/mol. The zero-order chi connectivity index (χ0) is 10.7. The number of nitrogens with one attached hydrogen (secondary N) is 1. The minimum absolute atomic E-state index is 0.0355. The van der Waals surface area contributed by atoms with Crippen LogP contribution in [0.1, 0.15) is 23.2 Å². The van der Waals surface area contributed by atoms with Crippen LogP contribution in [0.2, 0.25) is 0 Å². The Balaban J connectivity index is 1.82. The second kappa shape index (κ2) is 4.45. The van der Waals surface area contributed by atoms with E-state index in [4.69, 9.17) is 5.73 Å². The van der Waals surface area contributed by atoms with Crippen molar-refractivity contribution in [3.8, 4) is 0 Å². The molecule has 80 valence electrons. The van der Waals surface area contributed by atoms with E-state index in [0.717, 1.165) is 0 Å². The molecule has 1 aromatic rings. The van der Waals surface area contributed by atoms with Crippen LogP contribution in [0.25, 0.3) is 0 Å². The van der Waals surface area contributed by atoms with Crippen molar-refractivity contribution in [3.63, 3.8) is 0 Å². The quantitative estimate of drug-likeness (QED) is 0.773. The Labute approximate surface area is 89.7 Å². The first-order valence-corrected chi connectivity index (χ1v) is 5.36. The van der Waals surface area contributed by atoms with Crippen LogP contribution in [-0.4, -0.2) is 18.5 Å². The van der Waals surface area contributed by atoms with Crippen molar-refractivity contribution in [2.75, 3.05) is 6.54 Å². The van der Waals surface area contributed by atoms with Gasteiger partial charge in [-0.15, -0.1) is 0 Å². The standard InChI is InChI=1S/C12H16N2O/c13-11(9-6-7-9)8-14-12(15)10-4-2-1-3-5-10/h1-5,9,11H,6-8,13H2,(H,14,15). The van der Waals surface area contributed by atoms with Gasteiger partial charge in [-0.05, 0) is 30.9 Å². The normalized spacial score (nSPS) is 17.1. The summed E-state index contributed by atoms with van der Waals surface area (Å²) in [5, 5.41) is 2.86. The summed E-state index contributed by atoms with van der Waals surface area (Å²) in [4.78, 5) is 11.6. The summed E-state index contributed by atoms with van der Waals surface area (Å²) in [5.41, 5.74) is 6.59. The number of hydrogen-bond acceptors (Lipinski definition) is 2. The number of hydrogen-bond donors (Lipinski definition) is 2. The first kappa shape index (κ1) is 10.2. The highest BCUT2D eigenvalue weighted by atomic mass is 16.1. The molecule has 1 aromatic carbocycles. The van der Waals surface area contributed by atoms with Gasteiger partial charge < -0.3 is 11.1 Å². The van der Waals surface area contributed by atoms with Crippen LogP contribution in [0.3, 0.4) is 0 Å². The minimum atomic E-state index is -0.0355. The molecule has 0 spiro atoms. The maximum atomic E-state index is 11.6. The summed E-state index contributed by atoms with van der Waals surface area (Å²) >= 11 is 0. The maximum Gasteiger partial charge on any atom is 0.251 e. The van der Waals surface area contributed by atoms with Gasteiger partial charge in [-0.2, -0.15) is 0 Å². The molecule has 1 aliphatic rings. The number of carbonyl (C=O) groups excluding carboxylic acids is 1. The smallest absolute Gasteiger partial charge is 0.251 e. The van der Waals surface area contributed by atoms with Crippen LogP contribution in [0.4, 0.5) is 0 Å². The molecule has 15 heavy (non-hydrogen) atoms. The molecule has 2 rings (SSSR count). The largest absolute Gasteiger partial charge is 0.350 e. The number of rotatable bonds is 4. The second-order valence-corrected chi connectivity index (χ2v) is 4.08. The van der Waals surface area contributed by atoms with Crippen molar-refractivity contribution in [2.24, 2.45) is 11.7 Å². The van der Waals surface area contributed by atoms with Gasteiger partial charge in [0.15, 0.2) is 0 Å². The molecule has 0 bridgehead atoms. The van der Waals surface area contributed by atoms with Crippen LogP contribution in [0.5, 0.6) is 0 Å². The Kier molecular flexibility index (Phi) is 3.02. The van der Waals surface area contributed by atoms with E-state index in [1.807, 2.05) is 18.2 Å². The fourth-order valence-corrected chi connectivity index (χ4v) is 1.59. The van der Waals surface area contributed by atoms with E-state index in [0.29, 0.717) is 18.0 Å². The monoisotopic (exact) mass is 204 g/mol. The van der Waals surface area contributed by atoms with Crippen molar-refractivity contribution in [2.45, 2.75) is 18.9 Å². The van der Waals surface area contributed by atoms with Crippen molar-refractivity contribution in [1.82, 2.24) is 5.32 Å². The SMILES string of the molecule is NC(CNC(=O)c1ccccc1)C1CC1. The Morgan fingerprint density at radius 3 is 2.67 bits per heavy atom. The van der Waals surface area contributed by atoms with E-state index >= 15 is 0 Å². The van der Waals surface area contributed by atoms with Crippen LogP contribution < -0.4 is 11.1 Å². The molecule has 3 nitrogen and oxygen atoms in total. The fraction of sp³-hybridized carbons (Fsp3) is 0.417. The molecule has 0 saturated heterocycles. The van der Waals surface area contributed by atoms with Gasteiger partial charge in [-0.25, -0.2) is 0 Å². The van der Waals surface area contributed by atoms with E-state index in [2.05, 4.69) is 5.32 Å². The molecule has 1 atom stereocenters. The average Bonchev–Trinajstić information content (AvgIpc) is 3.10. The first-order chi connectivity index (χ1) is 7.27. The lowest BCUT2D eigenvalue weighted by Gasteiger charge is -2.11. The Bertz CT molecular complexity index is 333. The predicted octanol–water partition coefficient (Wildman–Crippen LogP) is 1.15. The molecule has 3 N–H and O–H groups in total. The van der Waals surface area contributed by atoms with E-state index in [1.54, 1.807) is 12.1 Å². The third-order valence-corrected chi connectivity index (χ3v) is 2.76. The third-order valence-electron chi connectivity index (χ3n) is 2.76. The zero-order valence-electron chi connectivity index (χ0n) is 8.65. The number of nitrogens with two attached hydrogens (primary N) is 1. The van der Waals surface area contributed by atoms with Gasteiger partial charge >= 0.3 is 0 Å². The minimum Gasteiger partial charge on any atom is -0.350 e. The number of carbonyl (C=O) groups is 1. The van der Waals surface area contributed by atoms with Crippen molar-refractivity contribution < 1.29 is 4.79 Å². The van der Waals surface area contributed by atoms with Crippen molar-refractivity contribution in [1.29, 1.82) is 0 Å². The summed E-state index contributed by atoms with van der Waals surface area (Å²) < 4.78 is 0. The molecule has 1 fully saturated rings. The van der Waals surface area contributed by atoms with Crippen molar-refractivity contribution in [3.05, 3.63) is 35.9 Å². The molecule has 1 saturated carbocycles. The van der Waals surface area contributed by atoms with Gasteiger partial charge in [0.1, 0.15) is 0 Å². The fourth-order valence-electron chi connectivity index (χ4n) is 1.59. The molecule has 1 unspecified atom stereocenters. The molecule has 1 amide bonds. The lowest BCUT2D eigenvalue weighted by Crippen LogP contribution is -2.38. The summed E-state index contributed by atoms with van der Waals surface area (Å²) in [6.45, 7) is 0.582. The van der Waals surface area contributed by atoms with Crippen LogP contribution in [0.15, 0.2) is 30.3 Å². The first-order valence-electron chi connectivity index (χ1n) is 5.36. The maximum absolute atomic E-state index is 11.6. The Morgan fingerprint density at radius 2 is 2.07 bits per heavy atom. The van der Waals surface area contributed by atoms with Gasteiger partial charge in [-0.1, -0.05) is 18.2 Å². The van der Waals surface area contributed by atoms with Gasteiger partial charge in [0.25, 0.3) is 5.91 Å². The Hall–Kier alpha value is -1.35. The lowest BCUT2D eigenvalue weighted by molar-refractivity contribution is 0.0950. The highest BCUT2D eigenvalue weighted by Crippen LogP contribution is 2.31. The Morgan fingerprint density at radius 1 is 1.40 bits per heavy atom.